The molecule has 0 aliphatic heterocycles. The molecule has 0 bridgehead atoms. The Labute approximate surface area is 142 Å². The summed E-state index contributed by atoms with van der Waals surface area (Å²) in [6, 6.07) is 16.8. The van der Waals surface area contributed by atoms with Gasteiger partial charge in [0.2, 0.25) is 5.91 Å². The van der Waals surface area contributed by atoms with Crippen LogP contribution in [0.15, 0.2) is 54.6 Å². The fourth-order valence-electron chi connectivity index (χ4n) is 2.35. The number of anilines is 1. The van der Waals surface area contributed by atoms with E-state index in [1.54, 1.807) is 43.1 Å². The van der Waals surface area contributed by atoms with Crippen LogP contribution < -0.4 is 10.1 Å². The van der Waals surface area contributed by atoms with Gasteiger partial charge in [0.25, 0.3) is 5.91 Å². The summed E-state index contributed by atoms with van der Waals surface area (Å²) in [6.07, 6.45) is -0.619. The molecule has 0 fully saturated rings. The van der Waals surface area contributed by atoms with E-state index < -0.39 is 6.10 Å². The molecule has 0 aliphatic rings. The van der Waals surface area contributed by atoms with E-state index in [-0.39, 0.29) is 11.8 Å². The number of hydrogen-bond donors (Lipinski definition) is 1. The van der Waals surface area contributed by atoms with Crippen molar-refractivity contribution in [3.8, 4) is 5.75 Å². The van der Waals surface area contributed by atoms with E-state index in [1.807, 2.05) is 30.3 Å². The minimum absolute atomic E-state index is 0.108. The highest BCUT2D eigenvalue weighted by molar-refractivity contribution is 5.88. The molecule has 0 unspecified atom stereocenters. The van der Waals surface area contributed by atoms with Gasteiger partial charge in [-0.2, -0.15) is 0 Å². The summed E-state index contributed by atoms with van der Waals surface area (Å²) >= 11 is 0. The van der Waals surface area contributed by atoms with Crippen LogP contribution in [0.25, 0.3) is 0 Å². The molecule has 5 heteroatoms. The Bertz CT molecular complexity index is 701. The van der Waals surface area contributed by atoms with Crippen LogP contribution in [0.3, 0.4) is 0 Å². The van der Waals surface area contributed by atoms with Gasteiger partial charge >= 0.3 is 0 Å². The minimum atomic E-state index is -0.619. The highest BCUT2D eigenvalue weighted by atomic mass is 16.5. The lowest BCUT2D eigenvalue weighted by Gasteiger charge is -2.22. The maximum atomic E-state index is 12.4. The third-order valence-electron chi connectivity index (χ3n) is 3.45. The Hall–Kier alpha value is -2.82. The first-order chi connectivity index (χ1) is 11.5. The normalized spacial score (nSPS) is 11.5. The molecule has 0 saturated heterocycles. The largest absolute Gasteiger partial charge is 0.481 e. The second-order valence-corrected chi connectivity index (χ2v) is 5.65. The number of likely N-dealkylation sites (N-methyl/N-ethyl adjacent to an activating group) is 1. The van der Waals surface area contributed by atoms with Gasteiger partial charge in [0, 0.05) is 32.3 Å². The van der Waals surface area contributed by atoms with Crippen molar-refractivity contribution < 1.29 is 14.3 Å². The number of rotatable bonds is 6. The van der Waals surface area contributed by atoms with Crippen LogP contribution in [-0.4, -0.2) is 29.9 Å². The van der Waals surface area contributed by atoms with E-state index in [0.717, 1.165) is 5.56 Å². The molecule has 126 valence electrons. The molecule has 0 aliphatic carbocycles. The molecule has 2 aromatic rings. The molecule has 0 radical (unpaired) electrons. The molecule has 2 rings (SSSR count). The lowest BCUT2D eigenvalue weighted by Crippen LogP contribution is -2.37. The average Bonchev–Trinajstić information content (AvgIpc) is 2.54. The van der Waals surface area contributed by atoms with Gasteiger partial charge in [-0.1, -0.05) is 36.4 Å². The molecule has 0 spiro atoms. The lowest BCUT2D eigenvalue weighted by molar-refractivity contribution is -0.137. The maximum absolute atomic E-state index is 12.4. The second kappa shape index (κ2) is 8.15. The maximum Gasteiger partial charge on any atom is 0.263 e. The van der Waals surface area contributed by atoms with Crippen LogP contribution in [0.5, 0.6) is 5.75 Å². The van der Waals surface area contributed by atoms with Crippen molar-refractivity contribution in [3.63, 3.8) is 0 Å². The number of hydrogen-bond acceptors (Lipinski definition) is 3. The Balaban J connectivity index is 1.97. The summed E-state index contributed by atoms with van der Waals surface area (Å²) in [6.45, 7) is 3.69. The van der Waals surface area contributed by atoms with Gasteiger partial charge < -0.3 is 15.0 Å². The number of carbonyl (C=O) groups is 2. The lowest BCUT2D eigenvalue weighted by atomic mass is 10.2. The number of ether oxygens (including phenoxy) is 1. The zero-order valence-electron chi connectivity index (χ0n) is 14.2. The van der Waals surface area contributed by atoms with E-state index in [2.05, 4.69) is 5.32 Å². The zero-order chi connectivity index (χ0) is 17.5. The molecule has 0 saturated carbocycles. The van der Waals surface area contributed by atoms with Gasteiger partial charge in [-0.3, -0.25) is 9.59 Å². The van der Waals surface area contributed by atoms with Crippen molar-refractivity contribution in [2.45, 2.75) is 26.5 Å². The van der Waals surface area contributed by atoms with Gasteiger partial charge in [-0.25, -0.2) is 0 Å². The van der Waals surface area contributed by atoms with Gasteiger partial charge in [-0.05, 0) is 24.6 Å². The fraction of sp³-hybridized carbons (Fsp3) is 0.263. The Kier molecular flexibility index (Phi) is 5.95. The molecular weight excluding hydrogens is 304 g/mol. The molecule has 5 nitrogen and oxygen atoms in total. The summed E-state index contributed by atoms with van der Waals surface area (Å²) in [7, 11) is 1.75. The second-order valence-electron chi connectivity index (χ2n) is 5.65. The van der Waals surface area contributed by atoms with Crippen molar-refractivity contribution >= 4 is 17.5 Å². The van der Waals surface area contributed by atoms with Crippen LogP contribution in [0.1, 0.15) is 19.4 Å². The quantitative estimate of drug-likeness (QED) is 0.887. The van der Waals surface area contributed by atoms with Crippen molar-refractivity contribution in [3.05, 3.63) is 60.2 Å². The van der Waals surface area contributed by atoms with Crippen LogP contribution in [0, 0.1) is 0 Å². The first-order valence-corrected chi connectivity index (χ1v) is 7.79. The van der Waals surface area contributed by atoms with Gasteiger partial charge in [0.05, 0.1) is 0 Å². The summed E-state index contributed by atoms with van der Waals surface area (Å²) in [5, 5.41) is 2.69. The van der Waals surface area contributed by atoms with Gasteiger partial charge in [-0.15, -0.1) is 0 Å². The average molecular weight is 326 g/mol. The van der Waals surface area contributed by atoms with Crippen LogP contribution in [-0.2, 0) is 16.1 Å². The summed E-state index contributed by atoms with van der Waals surface area (Å²) in [4.78, 5) is 25.2. The first kappa shape index (κ1) is 17.5. The predicted molar refractivity (Wildman–Crippen MR) is 93.8 cm³/mol. The number of amides is 2. The van der Waals surface area contributed by atoms with Crippen LogP contribution in [0.2, 0.25) is 0 Å². The summed E-state index contributed by atoms with van der Waals surface area (Å²) < 4.78 is 5.71. The highest BCUT2D eigenvalue weighted by Crippen LogP contribution is 2.19. The molecule has 1 atom stereocenters. The standard InChI is InChI=1S/C19H22N2O3/c1-14(19(23)21(3)13-16-8-5-4-6-9-16)24-18-11-7-10-17(12-18)20-15(2)22/h4-12,14H,13H2,1-3H3,(H,20,22)/t14-/m1/s1. The van der Waals surface area contributed by atoms with Gasteiger partial charge in [0.1, 0.15) is 5.75 Å². The molecule has 0 heterocycles. The molecule has 2 aromatic carbocycles. The van der Waals surface area contributed by atoms with E-state index in [0.29, 0.717) is 18.0 Å². The molecule has 2 amide bonds. The zero-order valence-corrected chi connectivity index (χ0v) is 14.2. The third kappa shape index (κ3) is 5.12. The SMILES string of the molecule is CC(=O)Nc1cccc(O[C@H](C)C(=O)N(C)Cc2ccccc2)c1. The van der Waals surface area contributed by atoms with E-state index in [4.69, 9.17) is 4.74 Å². The van der Waals surface area contributed by atoms with E-state index in [9.17, 15) is 9.59 Å². The minimum Gasteiger partial charge on any atom is -0.481 e. The predicted octanol–water partition coefficient (Wildman–Crippen LogP) is 3.07. The van der Waals surface area contributed by atoms with Crippen LogP contribution >= 0.6 is 0 Å². The number of nitrogens with one attached hydrogen (secondary N) is 1. The number of benzene rings is 2. The topological polar surface area (TPSA) is 58.6 Å². The first-order valence-electron chi connectivity index (χ1n) is 7.79. The molecule has 24 heavy (non-hydrogen) atoms. The molecule has 1 N–H and O–H groups in total. The van der Waals surface area contributed by atoms with Gasteiger partial charge in [0.15, 0.2) is 6.10 Å². The monoisotopic (exact) mass is 326 g/mol. The third-order valence-corrected chi connectivity index (χ3v) is 3.45. The Morgan fingerprint density at radius 1 is 1.12 bits per heavy atom. The number of carbonyl (C=O) groups excluding carboxylic acids is 2. The van der Waals surface area contributed by atoms with Crippen molar-refractivity contribution in [2.75, 3.05) is 12.4 Å². The smallest absolute Gasteiger partial charge is 0.263 e. The van der Waals surface area contributed by atoms with Crippen LogP contribution in [0.4, 0.5) is 5.69 Å². The van der Waals surface area contributed by atoms with Crippen molar-refractivity contribution in [2.24, 2.45) is 0 Å². The van der Waals surface area contributed by atoms with Crippen molar-refractivity contribution in [1.82, 2.24) is 4.90 Å². The summed E-state index contributed by atoms with van der Waals surface area (Å²) in [5.41, 5.74) is 1.70. The number of nitrogens with zero attached hydrogens (tertiary/aromatic N) is 1. The van der Waals surface area contributed by atoms with E-state index in [1.165, 1.54) is 6.92 Å². The molecule has 0 aromatic heterocycles. The van der Waals surface area contributed by atoms with Crippen molar-refractivity contribution in [1.29, 1.82) is 0 Å². The summed E-state index contributed by atoms with van der Waals surface area (Å²) in [5.74, 6) is 0.276. The molecular formula is C19H22N2O3. The fourth-order valence-corrected chi connectivity index (χ4v) is 2.35. The highest BCUT2D eigenvalue weighted by Gasteiger charge is 2.19. The Morgan fingerprint density at radius 3 is 2.50 bits per heavy atom. The van der Waals surface area contributed by atoms with E-state index >= 15 is 0 Å². The Morgan fingerprint density at radius 2 is 1.83 bits per heavy atom.